The second-order valence-corrected chi connectivity index (χ2v) is 10.3. The Morgan fingerprint density at radius 3 is 2.41 bits per heavy atom. The van der Waals surface area contributed by atoms with Crippen molar-refractivity contribution in [2.75, 3.05) is 25.2 Å². The average Bonchev–Trinajstić information content (AvgIpc) is 2.82. The molecule has 2 aromatic carbocycles. The number of rotatable bonds is 11. The maximum atomic E-state index is 12.7. The highest BCUT2D eigenvalue weighted by Crippen LogP contribution is 2.29. The summed E-state index contributed by atoms with van der Waals surface area (Å²) >= 11 is 5.87. The second kappa shape index (κ2) is 11.4. The predicted octanol–water partition coefficient (Wildman–Crippen LogP) is 3.25. The largest absolute Gasteiger partial charge is 0.493 e. The molecule has 0 amide bonds. The molecule has 1 atom stereocenters. The van der Waals surface area contributed by atoms with Crippen LogP contribution in [-0.2, 0) is 16.4 Å². The van der Waals surface area contributed by atoms with Gasteiger partial charge in [-0.3, -0.25) is 9.36 Å². The lowest BCUT2D eigenvalue weighted by Crippen LogP contribution is -2.28. The summed E-state index contributed by atoms with van der Waals surface area (Å²) in [7, 11) is -1.88. The van der Waals surface area contributed by atoms with Crippen molar-refractivity contribution < 1.29 is 27.7 Å². The summed E-state index contributed by atoms with van der Waals surface area (Å²) in [5.41, 5.74) is 1.00. The Kier molecular flexibility index (Phi) is 8.60. The van der Waals surface area contributed by atoms with Gasteiger partial charge in [0.2, 0.25) is 0 Å². The van der Waals surface area contributed by atoms with E-state index in [1.807, 2.05) is 0 Å². The Bertz CT molecular complexity index is 1270. The molecule has 0 bridgehead atoms. The number of benzene rings is 2. The number of aliphatic hydroxyl groups is 1. The Labute approximate surface area is 203 Å². The highest BCUT2D eigenvalue weighted by molar-refractivity contribution is 7.91. The third kappa shape index (κ3) is 6.99. The van der Waals surface area contributed by atoms with Crippen LogP contribution in [0.25, 0.3) is 5.69 Å². The smallest absolute Gasteiger partial charge is 0.255 e. The van der Waals surface area contributed by atoms with Crippen LogP contribution in [0, 0.1) is 0 Å². The van der Waals surface area contributed by atoms with E-state index in [4.69, 9.17) is 25.8 Å². The zero-order valence-electron chi connectivity index (χ0n) is 18.8. The van der Waals surface area contributed by atoms with Crippen molar-refractivity contribution >= 4 is 21.4 Å². The lowest BCUT2D eigenvalue weighted by Gasteiger charge is -2.16. The standard InChI is InChI=1S/C24H26ClNO7S/c1-3-34(29,30)16-20(27)15-33-22-9-6-19(13-23(22)31-2)26-11-10-17(12-24(26)28)14-32-21-7-4-18(25)5-8-21/h4-13,20,27H,3,14-16H2,1-2H3. The molecule has 8 nitrogen and oxygen atoms in total. The number of aliphatic hydroxyl groups excluding tert-OH is 1. The van der Waals surface area contributed by atoms with E-state index in [0.717, 1.165) is 0 Å². The molecule has 1 aromatic heterocycles. The maximum absolute atomic E-state index is 12.7. The monoisotopic (exact) mass is 507 g/mol. The van der Waals surface area contributed by atoms with E-state index in [9.17, 15) is 18.3 Å². The van der Waals surface area contributed by atoms with Gasteiger partial charge in [0.15, 0.2) is 21.3 Å². The van der Waals surface area contributed by atoms with Gasteiger partial charge >= 0.3 is 0 Å². The first-order chi connectivity index (χ1) is 16.2. The van der Waals surface area contributed by atoms with Gasteiger partial charge < -0.3 is 19.3 Å². The molecule has 0 aliphatic rings. The van der Waals surface area contributed by atoms with Crippen molar-refractivity contribution in [2.45, 2.75) is 19.6 Å². The first-order valence-corrected chi connectivity index (χ1v) is 12.7. The Morgan fingerprint density at radius 1 is 1.03 bits per heavy atom. The van der Waals surface area contributed by atoms with Crippen molar-refractivity contribution in [3.63, 3.8) is 0 Å². The molecule has 0 aliphatic carbocycles. The number of hydrogen-bond donors (Lipinski definition) is 1. The molecule has 1 N–H and O–H groups in total. The molecule has 0 saturated heterocycles. The summed E-state index contributed by atoms with van der Waals surface area (Å²) < 4.78 is 41.3. The molecule has 3 aromatic rings. The van der Waals surface area contributed by atoms with Gasteiger partial charge in [-0.15, -0.1) is 0 Å². The topological polar surface area (TPSA) is 104 Å². The second-order valence-electron chi connectivity index (χ2n) is 7.48. The zero-order chi connectivity index (χ0) is 24.7. The molecule has 0 spiro atoms. The van der Waals surface area contributed by atoms with E-state index in [1.54, 1.807) is 54.7 Å². The summed E-state index contributed by atoms with van der Waals surface area (Å²) in [6.45, 7) is 1.53. The number of halogens is 1. The van der Waals surface area contributed by atoms with Gasteiger partial charge in [0.1, 0.15) is 25.1 Å². The van der Waals surface area contributed by atoms with Gasteiger partial charge in [0.05, 0.1) is 18.6 Å². The minimum absolute atomic E-state index is 0.0527. The zero-order valence-corrected chi connectivity index (χ0v) is 20.4. The molecular formula is C24H26ClNO7S. The summed E-state index contributed by atoms with van der Waals surface area (Å²) in [6, 6.07) is 15.1. The summed E-state index contributed by atoms with van der Waals surface area (Å²) in [5, 5.41) is 10.6. The maximum Gasteiger partial charge on any atom is 0.255 e. The number of nitrogens with zero attached hydrogens (tertiary/aromatic N) is 1. The first kappa shape index (κ1) is 25.6. The van der Waals surface area contributed by atoms with E-state index in [1.165, 1.54) is 24.7 Å². The number of aromatic nitrogens is 1. The van der Waals surface area contributed by atoms with Crippen LogP contribution in [0.3, 0.4) is 0 Å². The Hall–Kier alpha value is -3.01. The summed E-state index contributed by atoms with van der Waals surface area (Å²) in [6.07, 6.45) is 0.469. The van der Waals surface area contributed by atoms with E-state index >= 15 is 0 Å². The molecule has 182 valence electrons. The lowest BCUT2D eigenvalue weighted by molar-refractivity contribution is 0.123. The van der Waals surface area contributed by atoms with Gasteiger partial charge in [-0.1, -0.05) is 18.5 Å². The van der Waals surface area contributed by atoms with Crippen molar-refractivity contribution in [3.05, 3.63) is 81.7 Å². The van der Waals surface area contributed by atoms with E-state index in [2.05, 4.69) is 0 Å². The normalized spacial score (nSPS) is 12.2. The number of sulfone groups is 1. The van der Waals surface area contributed by atoms with Gasteiger partial charge in [-0.05, 0) is 48.0 Å². The van der Waals surface area contributed by atoms with Crippen molar-refractivity contribution in [1.29, 1.82) is 0 Å². The highest BCUT2D eigenvalue weighted by atomic mass is 35.5. The number of pyridine rings is 1. The molecule has 1 unspecified atom stereocenters. The molecule has 10 heteroatoms. The van der Waals surface area contributed by atoms with Crippen LogP contribution in [0.5, 0.6) is 17.2 Å². The number of methoxy groups -OCH3 is 1. The molecule has 0 aliphatic heterocycles. The van der Waals surface area contributed by atoms with Crippen LogP contribution in [0.2, 0.25) is 5.02 Å². The molecule has 0 radical (unpaired) electrons. The lowest BCUT2D eigenvalue weighted by atomic mass is 10.2. The first-order valence-electron chi connectivity index (χ1n) is 10.5. The SMILES string of the molecule is CCS(=O)(=O)CC(O)COc1ccc(-n2ccc(COc3ccc(Cl)cc3)cc2=O)cc1OC. The average molecular weight is 508 g/mol. The fourth-order valence-electron chi connectivity index (χ4n) is 3.09. The third-order valence-electron chi connectivity index (χ3n) is 4.95. The molecule has 3 rings (SSSR count). The van der Waals surface area contributed by atoms with Crippen LogP contribution < -0.4 is 19.8 Å². The molecular weight excluding hydrogens is 482 g/mol. The van der Waals surface area contributed by atoms with Crippen molar-refractivity contribution in [3.8, 4) is 22.9 Å². The van der Waals surface area contributed by atoms with Crippen LogP contribution in [0.15, 0.2) is 65.6 Å². The van der Waals surface area contributed by atoms with Crippen LogP contribution >= 0.6 is 11.6 Å². The van der Waals surface area contributed by atoms with Crippen LogP contribution in [-0.4, -0.2) is 49.4 Å². The van der Waals surface area contributed by atoms with Gasteiger partial charge in [0.25, 0.3) is 5.56 Å². The number of ether oxygens (including phenoxy) is 3. The molecule has 0 saturated carbocycles. The van der Waals surface area contributed by atoms with E-state index < -0.39 is 15.9 Å². The Morgan fingerprint density at radius 2 is 1.76 bits per heavy atom. The van der Waals surface area contributed by atoms with Crippen LogP contribution in [0.1, 0.15) is 12.5 Å². The van der Waals surface area contributed by atoms with E-state index in [0.29, 0.717) is 33.5 Å². The van der Waals surface area contributed by atoms with Crippen molar-refractivity contribution in [1.82, 2.24) is 4.57 Å². The molecule has 34 heavy (non-hydrogen) atoms. The fourth-order valence-corrected chi connectivity index (χ4v) is 4.14. The Balaban J connectivity index is 1.69. The minimum Gasteiger partial charge on any atom is -0.493 e. The predicted molar refractivity (Wildman–Crippen MR) is 130 cm³/mol. The summed E-state index contributed by atoms with van der Waals surface area (Å²) in [4.78, 5) is 12.7. The highest BCUT2D eigenvalue weighted by Gasteiger charge is 2.17. The number of hydrogen-bond acceptors (Lipinski definition) is 7. The molecule has 1 heterocycles. The van der Waals surface area contributed by atoms with Crippen LogP contribution in [0.4, 0.5) is 0 Å². The van der Waals surface area contributed by atoms with E-state index in [-0.39, 0.29) is 30.3 Å². The quantitative estimate of drug-likeness (QED) is 0.425. The van der Waals surface area contributed by atoms with Crippen molar-refractivity contribution in [2.24, 2.45) is 0 Å². The summed E-state index contributed by atoms with van der Waals surface area (Å²) in [5.74, 6) is 0.868. The van der Waals surface area contributed by atoms with Gasteiger partial charge in [-0.25, -0.2) is 8.42 Å². The third-order valence-corrected chi connectivity index (χ3v) is 6.97. The fraction of sp³-hybridized carbons (Fsp3) is 0.292. The molecule has 0 fully saturated rings. The van der Waals surface area contributed by atoms with Gasteiger partial charge in [0, 0.05) is 29.1 Å². The minimum atomic E-state index is -3.33. The van der Waals surface area contributed by atoms with Gasteiger partial charge in [-0.2, -0.15) is 0 Å².